The quantitative estimate of drug-likeness (QED) is 0.745. The number of rotatable bonds is 4. The molecule has 2 rings (SSSR count). The maximum Gasteiger partial charge on any atom is 0.0113 e. The van der Waals surface area contributed by atoms with Crippen LogP contribution in [-0.2, 0) is 0 Å². The van der Waals surface area contributed by atoms with Crippen molar-refractivity contribution in [2.24, 2.45) is 11.7 Å². The highest BCUT2D eigenvalue weighted by Gasteiger charge is 2.31. The van der Waals surface area contributed by atoms with E-state index in [9.17, 15) is 0 Å². The molecular formula is C12H25N3. The smallest absolute Gasteiger partial charge is 0.0113 e. The summed E-state index contributed by atoms with van der Waals surface area (Å²) in [5.74, 6) is 0.623. The average molecular weight is 211 g/mol. The van der Waals surface area contributed by atoms with Crippen molar-refractivity contribution in [3.05, 3.63) is 0 Å². The summed E-state index contributed by atoms with van der Waals surface area (Å²) < 4.78 is 0. The van der Waals surface area contributed by atoms with E-state index in [4.69, 9.17) is 5.73 Å². The van der Waals surface area contributed by atoms with Crippen LogP contribution in [0.25, 0.3) is 0 Å². The molecule has 0 aromatic rings. The lowest BCUT2D eigenvalue weighted by molar-refractivity contribution is 0.112. The van der Waals surface area contributed by atoms with E-state index < -0.39 is 0 Å². The van der Waals surface area contributed by atoms with Crippen LogP contribution < -0.4 is 5.73 Å². The van der Waals surface area contributed by atoms with Crippen molar-refractivity contribution in [1.29, 1.82) is 0 Å². The lowest BCUT2D eigenvalue weighted by atomic mass is 10.0. The highest BCUT2D eigenvalue weighted by Crippen LogP contribution is 2.27. The molecule has 15 heavy (non-hydrogen) atoms. The highest BCUT2D eigenvalue weighted by molar-refractivity contribution is 4.87. The minimum Gasteiger partial charge on any atom is -0.328 e. The predicted octanol–water partition coefficient (Wildman–Crippen LogP) is 0.750. The zero-order chi connectivity index (χ0) is 10.8. The summed E-state index contributed by atoms with van der Waals surface area (Å²) in [5, 5.41) is 0. The summed E-state index contributed by atoms with van der Waals surface area (Å²) in [6, 6.07) is 1.27. The van der Waals surface area contributed by atoms with Gasteiger partial charge in [-0.1, -0.05) is 6.92 Å². The average Bonchev–Trinajstić information content (AvgIpc) is 3.02. The first-order valence-electron chi connectivity index (χ1n) is 6.39. The number of nitrogens with two attached hydrogens (primary N) is 1. The van der Waals surface area contributed by atoms with Crippen LogP contribution in [-0.4, -0.2) is 54.6 Å². The molecule has 3 nitrogen and oxygen atoms in total. The predicted molar refractivity (Wildman–Crippen MR) is 63.8 cm³/mol. The van der Waals surface area contributed by atoms with E-state index in [-0.39, 0.29) is 0 Å². The van der Waals surface area contributed by atoms with Crippen molar-refractivity contribution >= 4 is 0 Å². The molecule has 0 radical (unpaired) electrons. The molecule has 0 aromatic carbocycles. The van der Waals surface area contributed by atoms with Crippen LogP contribution in [0, 0.1) is 5.92 Å². The van der Waals surface area contributed by atoms with Crippen molar-refractivity contribution in [2.75, 3.05) is 32.7 Å². The van der Waals surface area contributed by atoms with Crippen molar-refractivity contribution in [2.45, 2.75) is 38.8 Å². The lowest BCUT2D eigenvalue weighted by Crippen LogP contribution is -2.49. The van der Waals surface area contributed by atoms with Crippen LogP contribution in [0.3, 0.4) is 0 Å². The Bertz CT molecular complexity index is 193. The zero-order valence-corrected chi connectivity index (χ0v) is 10.2. The maximum atomic E-state index is 5.90. The first-order chi connectivity index (χ1) is 7.16. The molecule has 1 aliphatic heterocycles. The molecular weight excluding hydrogens is 186 g/mol. The van der Waals surface area contributed by atoms with Crippen LogP contribution >= 0.6 is 0 Å². The first kappa shape index (κ1) is 11.4. The molecule has 0 amide bonds. The number of hydrogen-bond acceptors (Lipinski definition) is 3. The van der Waals surface area contributed by atoms with Crippen molar-refractivity contribution in [3.63, 3.8) is 0 Å². The summed E-state index contributed by atoms with van der Waals surface area (Å²) in [7, 11) is 0. The fourth-order valence-corrected chi connectivity index (χ4v) is 2.32. The Balaban J connectivity index is 1.68. The van der Waals surface area contributed by atoms with Crippen LogP contribution in [0.4, 0.5) is 0 Å². The summed E-state index contributed by atoms with van der Waals surface area (Å²) in [6.07, 6.45) is 2.88. The van der Waals surface area contributed by atoms with Crippen LogP contribution in [0.15, 0.2) is 0 Å². The van der Waals surface area contributed by atoms with E-state index in [1.165, 1.54) is 45.6 Å². The monoisotopic (exact) mass is 211 g/mol. The van der Waals surface area contributed by atoms with Gasteiger partial charge in [0, 0.05) is 44.8 Å². The Morgan fingerprint density at radius 3 is 2.20 bits per heavy atom. The third-order valence-corrected chi connectivity index (χ3v) is 3.91. The molecule has 2 fully saturated rings. The Kier molecular flexibility index (Phi) is 3.65. The number of piperazine rings is 1. The third-order valence-electron chi connectivity index (χ3n) is 3.91. The molecule has 1 heterocycles. The second-order valence-corrected chi connectivity index (χ2v) is 5.40. The summed E-state index contributed by atoms with van der Waals surface area (Å²) in [5.41, 5.74) is 5.90. The van der Waals surface area contributed by atoms with Crippen LogP contribution in [0.2, 0.25) is 0 Å². The minimum absolute atomic E-state index is 0.325. The normalized spacial score (nSPS) is 29.0. The Hall–Kier alpha value is -0.120. The van der Waals surface area contributed by atoms with Crippen LogP contribution in [0.5, 0.6) is 0 Å². The fourth-order valence-electron chi connectivity index (χ4n) is 2.32. The molecule has 0 bridgehead atoms. The summed E-state index contributed by atoms with van der Waals surface area (Å²) in [6.45, 7) is 10.6. The van der Waals surface area contributed by atoms with E-state index in [0.717, 1.165) is 6.04 Å². The van der Waals surface area contributed by atoms with Gasteiger partial charge in [0.1, 0.15) is 0 Å². The summed E-state index contributed by atoms with van der Waals surface area (Å²) >= 11 is 0. The zero-order valence-electron chi connectivity index (χ0n) is 10.2. The minimum atomic E-state index is 0.325. The Labute approximate surface area is 93.6 Å². The van der Waals surface area contributed by atoms with Gasteiger partial charge in [0.2, 0.25) is 0 Å². The molecule has 0 spiro atoms. The van der Waals surface area contributed by atoms with Gasteiger partial charge in [0.25, 0.3) is 0 Å². The third kappa shape index (κ3) is 3.16. The van der Waals surface area contributed by atoms with Gasteiger partial charge in [0.05, 0.1) is 0 Å². The first-order valence-corrected chi connectivity index (χ1v) is 6.39. The van der Waals surface area contributed by atoms with Gasteiger partial charge in [-0.25, -0.2) is 0 Å². The van der Waals surface area contributed by atoms with Crippen molar-refractivity contribution < 1.29 is 0 Å². The molecule has 1 aliphatic carbocycles. The van der Waals surface area contributed by atoms with E-state index >= 15 is 0 Å². The van der Waals surface area contributed by atoms with E-state index in [1.54, 1.807) is 0 Å². The van der Waals surface area contributed by atoms with Gasteiger partial charge in [0.15, 0.2) is 0 Å². The molecule has 2 aliphatic rings. The Morgan fingerprint density at radius 2 is 1.73 bits per heavy atom. The fraction of sp³-hybridized carbons (Fsp3) is 1.00. The molecule has 88 valence electrons. The lowest BCUT2D eigenvalue weighted by Gasteiger charge is -2.36. The molecule has 2 unspecified atom stereocenters. The van der Waals surface area contributed by atoms with Crippen LogP contribution in [0.1, 0.15) is 26.7 Å². The highest BCUT2D eigenvalue weighted by atomic mass is 15.3. The van der Waals surface area contributed by atoms with Gasteiger partial charge < -0.3 is 10.6 Å². The topological polar surface area (TPSA) is 32.5 Å². The van der Waals surface area contributed by atoms with Gasteiger partial charge in [-0.05, 0) is 25.7 Å². The van der Waals surface area contributed by atoms with Crippen molar-refractivity contribution in [1.82, 2.24) is 9.80 Å². The summed E-state index contributed by atoms with van der Waals surface area (Å²) in [4.78, 5) is 5.24. The molecule has 2 N–H and O–H groups in total. The number of nitrogens with zero attached hydrogens (tertiary/aromatic N) is 2. The van der Waals surface area contributed by atoms with E-state index in [2.05, 4.69) is 23.6 Å². The van der Waals surface area contributed by atoms with Crippen molar-refractivity contribution in [3.8, 4) is 0 Å². The number of hydrogen-bond donors (Lipinski definition) is 1. The SMILES string of the molecule is CC(N)C(C)CN1CCN(C2CC2)CC1. The Morgan fingerprint density at radius 1 is 1.13 bits per heavy atom. The van der Waals surface area contributed by atoms with Gasteiger partial charge >= 0.3 is 0 Å². The second-order valence-electron chi connectivity index (χ2n) is 5.40. The van der Waals surface area contributed by atoms with Gasteiger partial charge in [-0.2, -0.15) is 0 Å². The molecule has 2 atom stereocenters. The van der Waals surface area contributed by atoms with E-state index in [0.29, 0.717) is 12.0 Å². The molecule has 0 aromatic heterocycles. The van der Waals surface area contributed by atoms with Gasteiger partial charge in [-0.3, -0.25) is 4.90 Å². The largest absolute Gasteiger partial charge is 0.328 e. The van der Waals surface area contributed by atoms with E-state index in [1.807, 2.05) is 0 Å². The maximum absolute atomic E-state index is 5.90. The standard InChI is InChI=1S/C12H25N3/c1-10(11(2)13)9-14-5-7-15(8-6-14)12-3-4-12/h10-12H,3-9,13H2,1-2H3. The van der Waals surface area contributed by atoms with Gasteiger partial charge in [-0.15, -0.1) is 0 Å². The molecule has 1 saturated carbocycles. The molecule has 3 heteroatoms. The molecule has 1 saturated heterocycles. The second kappa shape index (κ2) is 4.81.